The molecule has 7 nitrogen and oxygen atoms in total. The van der Waals surface area contributed by atoms with Crippen LogP contribution in [0.1, 0.15) is 20.8 Å². The van der Waals surface area contributed by atoms with Crippen LogP contribution < -0.4 is 15.0 Å². The number of ether oxygens (including phenoxy) is 1. The number of rotatable bonds is 7. The summed E-state index contributed by atoms with van der Waals surface area (Å²) in [6.45, 7) is 7.09. The molecule has 1 N–H and O–H groups in total. The predicted octanol–water partition coefficient (Wildman–Crippen LogP) is 2.63. The molecule has 0 spiro atoms. The molecule has 1 heterocycles. The summed E-state index contributed by atoms with van der Waals surface area (Å²) in [5.41, 5.74) is 0.871. The van der Waals surface area contributed by atoms with E-state index in [2.05, 4.69) is 5.32 Å². The van der Waals surface area contributed by atoms with Gasteiger partial charge in [-0.15, -0.1) is 0 Å². The minimum atomic E-state index is -3.64. The van der Waals surface area contributed by atoms with Gasteiger partial charge in [0.25, 0.3) is 5.91 Å². The molecule has 1 amide bonds. The first kappa shape index (κ1) is 23.0. The third-order valence-electron chi connectivity index (χ3n) is 5.00. The van der Waals surface area contributed by atoms with E-state index in [1.165, 1.54) is 28.6 Å². The van der Waals surface area contributed by atoms with Crippen molar-refractivity contribution < 1.29 is 22.3 Å². The highest BCUT2D eigenvalue weighted by molar-refractivity contribution is 7.89. The van der Waals surface area contributed by atoms with Crippen molar-refractivity contribution in [3.63, 3.8) is 0 Å². The second-order valence-corrected chi connectivity index (χ2v) is 9.70. The number of nitrogens with zero attached hydrogens (tertiary/aromatic N) is 2. The SMILES string of the molecule is CC(C)NC(=O)[C@@H](C)Oc1ccc(S(=O)(=O)N2CCN(c3ccc(F)cc3)CC2)cc1. The van der Waals surface area contributed by atoms with Gasteiger partial charge in [0.05, 0.1) is 4.90 Å². The Hall–Kier alpha value is -2.65. The molecule has 2 aromatic carbocycles. The van der Waals surface area contributed by atoms with E-state index in [0.29, 0.717) is 31.9 Å². The van der Waals surface area contributed by atoms with Crippen LogP contribution in [-0.4, -0.2) is 57.0 Å². The van der Waals surface area contributed by atoms with Gasteiger partial charge >= 0.3 is 0 Å². The summed E-state index contributed by atoms with van der Waals surface area (Å²) in [5, 5.41) is 2.77. The van der Waals surface area contributed by atoms with Gasteiger partial charge in [0.15, 0.2) is 6.10 Å². The predicted molar refractivity (Wildman–Crippen MR) is 117 cm³/mol. The number of halogens is 1. The summed E-state index contributed by atoms with van der Waals surface area (Å²) in [6, 6.07) is 12.3. The summed E-state index contributed by atoms with van der Waals surface area (Å²) in [4.78, 5) is 14.2. The lowest BCUT2D eigenvalue weighted by Gasteiger charge is -2.35. The number of benzene rings is 2. The molecule has 0 aromatic heterocycles. The van der Waals surface area contributed by atoms with Gasteiger partial charge in [-0.05, 0) is 69.3 Å². The van der Waals surface area contributed by atoms with Crippen LogP contribution in [0.15, 0.2) is 53.4 Å². The molecule has 0 saturated carbocycles. The van der Waals surface area contributed by atoms with E-state index in [-0.39, 0.29) is 22.7 Å². The lowest BCUT2D eigenvalue weighted by Crippen LogP contribution is -2.48. The van der Waals surface area contributed by atoms with Crippen LogP contribution >= 0.6 is 0 Å². The number of piperazine rings is 1. The van der Waals surface area contributed by atoms with E-state index in [0.717, 1.165) is 5.69 Å². The van der Waals surface area contributed by atoms with Crippen molar-refractivity contribution in [2.45, 2.75) is 37.8 Å². The van der Waals surface area contributed by atoms with Crippen molar-refractivity contribution in [2.24, 2.45) is 0 Å². The summed E-state index contributed by atoms with van der Waals surface area (Å²) < 4.78 is 46.1. The van der Waals surface area contributed by atoms with E-state index >= 15 is 0 Å². The molecule has 0 aliphatic carbocycles. The van der Waals surface area contributed by atoms with Gasteiger partial charge in [-0.3, -0.25) is 4.79 Å². The molecule has 1 fully saturated rings. The largest absolute Gasteiger partial charge is 0.481 e. The molecule has 168 valence electrons. The number of anilines is 1. The number of sulfonamides is 1. The summed E-state index contributed by atoms with van der Waals surface area (Å²) in [6.07, 6.45) is -0.690. The molecule has 0 bridgehead atoms. The maximum absolute atomic E-state index is 13.1. The first-order valence-corrected chi connectivity index (χ1v) is 11.7. The van der Waals surface area contributed by atoms with E-state index < -0.39 is 16.1 Å². The van der Waals surface area contributed by atoms with Gasteiger partial charge in [0.1, 0.15) is 11.6 Å². The second kappa shape index (κ2) is 9.65. The Bertz CT molecular complexity index is 986. The zero-order valence-electron chi connectivity index (χ0n) is 17.9. The van der Waals surface area contributed by atoms with Crippen molar-refractivity contribution >= 4 is 21.6 Å². The van der Waals surface area contributed by atoms with Crippen molar-refractivity contribution in [2.75, 3.05) is 31.1 Å². The van der Waals surface area contributed by atoms with Crippen LogP contribution in [0.5, 0.6) is 5.75 Å². The van der Waals surface area contributed by atoms with Crippen LogP contribution in [0.25, 0.3) is 0 Å². The zero-order chi connectivity index (χ0) is 22.6. The quantitative estimate of drug-likeness (QED) is 0.703. The lowest BCUT2D eigenvalue weighted by atomic mass is 10.2. The molecule has 0 unspecified atom stereocenters. The van der Waals surface area contributed by atoms with Crippen LogP contribution in [0, 0.1) is 5.82 Å². The molecular weight excluding hydrogens is 421 g/mol. The monoisotopic (exact) mass is 449 g/mol. The third kappa shape index (κ3) is 5.74. The topological polar surface area (TPSA) is 78.9 Å². The summed E-state index contributed by atoms with van der Waals surface area (Å²) in [5.74, 6) is -0.107. The molecular formula is C22H28FN3O4S. The number of nitrogens with one attached hydrogen (secondary N) is 1. The third-order valence-corrected chi connectivity index (χ3v) is 6.92. The van der Waals surface area contributed by atoms with Gasteiger partial charge in [-0.1, -0.05) is 0 Å². The Morgan fingerprint density at radius 3 is 2.10 bits per heavy atom. The molecule has 1 aliphatic rings. The minimum Gasteiger partial charge on any atom is -0.481 e. The number of carbonyl (C=O) groups is 1. The summed E-state index contributed by atoms with van der Waals surface area (Å²) in [7, 11) is -3.64. The van der Waals surface area contributed by atoms with E-state index in [4.69, 9.17) is 4.74 Å². The number of carbonyl (C=O) groups excluding carboxylic acids is 1. The molecule has 2 aromatic rings. The Morgan fingerprint density at radius 1 is 0.968 bits per heavy atom. The standard InChI is InChI=1S/C22H28FN3O4S/c1-16(2)24-22(27)17(3)30-20-8-10-21(11-9-20)31(28,29)26-14-12-25(13-15-26)19-6-4-18(23)5-7-19/h4-11,16-17H,12-15H2,1-3H3,(H,24,27)/t17-/m1/s1. The molecule has 31 heavy (non-hydrogen) atoms. The van der Waals surface area contributed by atoms with Crippen LogP contribution in [-0.2, 0) is 14.8 Å². The molecule has 1 saturated heterocycles. The summed E-state index contributed by atoms with van der Waals surface area (Å²) >= 11 is 0. The average Bonchev–Trinajstić information content (AvgIpc) is 2.74. The number of hydrogen-bond acceptors (Lipinski definition) is 5. The van der Waals surface area contributed by atoms with E-state index in [1.54, 1.807) is 31.2 Å². The van der Waals surface area contributed by atoms with Gasteiger partial charge in [-0.2, -0.15) is 4.31 Å². The molecule has 9 heteroatoms. The first-order valence-electron chi connectivity index (χ1n) is 10.2. The Morgan fingerprint density at radius 2 is 1.55 bits per heavy atom. The normalized spacial score (nSPS) is 16.2. The Labute approximate surface area is 182 Å². The van der Waals surface area contributed by atoms with Crippen LogP contribution in [0.3, 0.4) is 0 Å². The van der Waals surface area contributed by atoms with Crippen LogP contribution in [0.2, 0.25) is 0 Å². The lowest BCUT2D eigenvalue weighted by molar-refractivity contribution is -0.127. The molecule has 0 radical (unpaired) electrons. The average molecular weight is 450 g/mol. The van der Waals surface area contributed by atoms with E-state index in [9.17, 15) is 17.6 Å². The maximum atomic E-state index is 13.1. The first-order chi connectivity index (χ1) is 14.7. The minimum absolute atomic E-state index is 0.00888. The fraction of sp³-hybridized carbons (Fsp3) is 0.409. The van der Waals surface area contributed by atoms with Crippen molar-refractivity contribution in [1.29, 1.82) is 0 Å². The zero-order valence-corrected chi connectivity index (χ0v) is 18.7. The second-order valence-electron chi connectivity index (χ2n) is 7.76. The number of amides is 1. The molecule has 3 rings (SSSR count). The van der Waals surface area contributed by atoms with E-state index in [1.807, 2.05) is 18.7 Å². The van der Waals surface area contributed by atoms with Crippen molar-refractivity contribution in [3.05, 3.63) is 54.3 Å². The molecule has 1 atom stereocenters. The van der Waals surface area contributed by atoms with Crippen LogP contribution in [0.4, 0.5) is 10.1 Å². The van der Waals surface area contributed by atoms with Crippen molar-refractivity contribution in [1.82, 2.24) is 9.62 Å². The van der Waals surface area contributed by atoms with Gasteiger partial charge in [0.2, 0.25) is 10.0 Å². The highest BCUT2D eigenvalue weighted by atomic mass is 32.2. The Kier molecular flexibility index (Phi) is 7.17. The highest BCUT2D eigenvalue weighted by Crippen LogP contribution is 2.23. The highest BCUT2D eigenvalue weighted by Gasteiger charge is 2.28. The van der Waals surface area contributed by atoms with Gasteiger partial charge in [0, 0.05) is 37.9 Å². The Balaban J connectivity index is 1.60. The fourth-order valence-electron chi connectivity index (χ4n) is 3.34. The van der Waals surface area contributed by atoms with Gasteiger partial charge < -0.3 is 15.0 Å². The smallest absolute Gasteiger partial charge is 0.260 e. The fourth-order valence-corrected chi connectivity index (χ4v) is 4.76. The number of hydrogen-bond donors (Lipinski definition) is 1. The maximum Gasteiger partial charge on any atom is 0.260 e. The van der Waals surface area contributed by atoms with Crippen molar-refractivity contribution in [3.8, 4) is 5.75 Å². The van der Waals surface area contributed by atoms with Gasteiger partial charge in [-0.25, -0.2) is 12.8 Å². The molecule has 1 aliphatic heterocycles.